The Hall–Kier alpha value is -1.14. The molecule has 0 bridgehead atoms. The largest absolute Gasteiger partial charge is 0.203 e. The van der Waals surface area contributed by atoms with Gasteiger partial charge in [0.2, 0.25) is 5.82 Å². The molecule has 20 heavy (non-hydrogen) atoms. The van der Waals surface area contributed by atoms with Gasteiger partial charge in [0.1, 0.15) is 0 Å². The molecule has 2 rings (SSSR count). The molecular formula is C13H8ClF5S. The highest BCUT2D eigenvalue weighted by molar-refractivity contribution is 7.12. The molecule has 0 fully saturated rings. The van der Waals surface area contributed by atoms with Crippen molar-refractivity contribution in [2.24, 2.45) is 0 Å². The standard InChI is InChI=1S/C13H8ClF5S/c1-4-3-5(2)20-13(4)7(14)6-8(15)10(17)12(19)11(18)9(6)16/h3,7H,1-2H3. The van der Waals surface area contributed by atoms with E-state index in [4.69, 9.17) is 11.6 Å². The molecule has 1 aromatic heterocycles. The Kier molecular flexibility index (Phi) is 4.07. The van der Waals surface area contributed by atoms with Gasteiger partial charge in [-0.05, 0) is 25.5 Å². The van der Waals surface area contributed by atoms with Gasteiger partial charge in [0, 0.05) is 9.75 Å². The SMILES string of the molecule is Cc1cc(C)c(C(Cl)c2c(F)c(F)c(F)c(F)c2F)s1. The number of thiophene rings is 1. The van der Waals surface area contributed by atoms with E-state index < -0.39 is 40.0 Å². The van der Waals surface area contributed by atoms with Crippen molar-refractivity contribution in [2.45, 2.75) is 19.2 Å². The molecule has 2 aromatic rings. The molecule has 0 N–H and O–H groups in total. The van der Waals surface area contributed by atoms with Gasteiger partial charge >= 0.3 is 0 Å². The minimum Gasteiger partial charge on any atom is -0.203 e. The van der Waals surface area contributed by atoms with E-state index in [0.717, 1.165) is 16.2 Å². The first-order chi connectivity index (χ1) is 9.25. The van der Waals surface area contributed by atoms with E-state index in [1.54, 1.807) is 19.9 Å². The lowest BCUT2D eigenvalue weighted by Crippen LogP contribution is -2.09. The molecule has 0 saturated heterocycles. The van der Waals surface area contributed by atoms with Crippen molar-refractivity contribution in [3.63, 3.8) is 0 Å². The fourth-order valence-electron chi connectivity index (χ4n) is 1.89. The first-order valence-electron chi connectivity index (χ1n) is 5.48. The van der Waals surface area contributed by atoms with Gasteiger partial charge in [-0.25, -0.2) is 22.0 Å². The van der Waals surface area contributed by atoms with E-state index in [1.807, 2.05) is 0 Å². The van der Waals surface area contributed by atoms with Gasteiger partial charge in [-0.15, -0.1) is 22.9 Å². The lowest BCUT2D eigenvalue weighted by molar-refractivity contribution is 0.371. The van der Waals surface area contributed by atoms with E-state index in [0.29, 0.717) is 10.4 Å². The minimum absolute atomic E-state index is 0.354. The van der Waals surface area contributed by atoms with Crippen LogP contribution in [-0.4, -0.2) is 0 Å². The van der Waals surface area contributed by atoms with E-state index in [9.17, 15) is 22.0 Å². The van der Waals surface area contributed by atoms with Crippen molar-refractivity contribution in [3.8, 4) is 0 Å². The van der Waals surface area contributed by atoms with Gasteiger partial charge in [-0.2, -0.15) is 0 Å². The topological polar surface area (TPSA) is 0 Å². The molecule has 0 radical (unpaired) electrons. The van der Waals surface area contributed by atoms with Crippen LogP contribution in [0, 0.1) is 42.9 Å². The number of hydrogen-bond donors (Lipinski definition) is 0. The zero-order valence-electron chi connectivity index (χ0n) is 10.3. The van der Waals surface area contributed by atoms with Gasteiger partial charge in [0.15, 0.2) is 23.3 Å². The Labute approximate surface area is 120 Å². The third-order valence-corrected chi connectivity index (χ3v) is 4.59. The van der Waals surface area contributed by atoms with Gasteiger partial charge in [-0.3, -0.25) is 0 Å². The normalized spacial score (nSPS) is 12.8. The maximum atomic E-state index is 13.7. The van der Waals surface area contributed by atoms with Crippen LogP contribution in [0.15, 0.2) is 6.07 Å². The minimum atomic E-state index is -2.19. The summed E-state index contributed by atoms with van der Waals surface area (Å²) in [5, 5.41) is -1.43. The molecule has 0 spiro atoms. The van der Waals surface area contributed by atoms with Gasteiger partial charge in [0.25, 0.3) is 0 Å². The number of alkyl halides is 1. The van der Waals surface area contributed by atoms with Crippen LogP contribution in [0.1, 0.15) is 26.3 Å². The molecule has 0 aliphatic carbocycles. The summed E-state index contributed by atoms with van der Waals surface area (Å²) in [5.74, 6) is -9.96. The molecule has 1 heterocycles. The zero-order chi connectivity index (χ0) is 15.2. The van der Waals surface area contributed by atoms with Crippen LogP contribution >= 0.6 is 22.9 Å². The fourth-order valence-corrected chi connectivity index (χ4v) is 3.41. The highest BCUT2D eigenvalue weighted by Crippen LogP contribution is 2.40. The van der Waals surface area contributed by atoms with Gasteiger partial charge < -0.3 is 0 Å². The monoisotopic (exact) mass is 326 g/mol. The molecule has 1 unspecified atom stereocenters. The third-order valence-electron chi connectivity index (χ3n) is 2.81. The summed E-state index contributed by atoms with van der Waals surface area (Å²) in [5.41, 5.74) is -0.385. The molecule has 0 nitrogen and oxygen atoms in total. The molecular weight excluding hydrogens is 319 g/mol. The van der Waals surface area contributed by atoms with Crippen molar-refractivity contribution in [3.05, 3.63) is 56.0 Å². The Morgan fingerprint density at radius 2 is 1.35 bits per heavy atom. The summed E-state index contributed by atoms with van der Waals surface area (Å²) in [4.78, 5) is 1.18. The summed E-state index contributed by atoms with van der Waals surface area (Å²) in [6.07, 6.45) is 0. The summed E-state index contributed by atoms with van der Waals surface area (Å²) in [6.45, 7) is 3.41. The van der Waals surface area contributed by atoms with E-state index in [1.165, 1.54) is 0 Å². The number of hydrogen-bond acceptors (Lipinski definition) is 1. The predicted octanol–water partition coefficient (Wildman–Crippen LogP) is 5.39. The number of aryl methyl sites for hydroxylation is 2. The van der Waals surface area contributed by atoms with Crippen LogP contribution in [-0.2, 0) is 0 Å². The second kappa shape index (κ2) is 5.33. The van der Waals surface area contributed by atoms with E-state index >= 15 is 0 Å². The summed E-state index contributed by atoms with van der Waals surface area (Å²) < 4.78 is 66.7. The highest BCUT2D eigenvalue weighted by atomic mass is 35.5. The number of benzene rings is 1. The molecule has 1 aromatic carbocycles. The molecule has 1 atom stereocenters. The predicted molar refractivity (Wildman–Crippen MR) is 67.7 cm³/mol. The van der Waals surface area contributed by atoms with Crippen molar-refractivity contribution in [2.75, 3.05) is 0 Å². The zero-order valence-corrected chi connectivity index (χ0v) is 11.9. The van der Waals surface area contributed by atoms with Crippen LogP contribution in [0.4, 0.5) is 22.0 Å². The highest BCUT2D eigenvalue weighted by Gasteiger charge is 2.31. The van der Waals surface area contributed by atoms with Crippen molar-refractivity contribution < 1.29 is 22.0 Å². The van der Waals surface area contributed by atoms with Crippen molar-refractivity contribution in [1.82, 2.24) is 0 Å². The maximum absolute atomic E-state index is 13.7. The second-order valence-corrected chi connectivity index (χ2v) is 5.97. The molecule has 0 saturated carbocycles. The molecule has 7 heteroatoms. The first kappa shape index (κ1) is 15.3. The summed E-state index contributed by atoms with van der Waals surface area (Å²) >= 11 is 7.08. The van der Waals surface area contributed by atoms with Crippen LogP contribution in [0.5, 0.6) is 0 Å². The third kappa shape index (κ3) is 2.31. The van der Waals surface area contributed by atoms with Crippen LogP contribution < -0.4 is 0 Å². The quantitative estimate of drug-likeness (QED) is 0.300. The maximum Gasteiger partial charge on any atom is 0.200 e. The van der Waals surface area contributed by atoms with Crippen LogP contribution in [0.25, 0.3) is 0 Å². The van der Waals surface area contributed by atoms with Crippen molar-refractivity contribution in [1.29, 1.82) is 0 Å². The number of rotatable bonds is 2. The smallest absolute Gasteiger partial charge is 0.200 e. The second-order valence-electron chi connectivity index (χ2n) is 4.25. The summed E-state index contributed by atoms with van der Waals surface area (Å²) in [6, 6.07) is 1.72. The fraction of sp³-hybridized carbons (Fsp3) is 0.231. The first-order valence-corrected chi connectivity index (χ1v) is 6.73. The lowest BCUT2D eigenvalue weighted by atomic mass is 10.1. The molecule has 0 aliphatic heterocycles. The Morgan fingerprint density at radius 1 is 0.900 bits per heavy atom. The van der Waals surface area contributed by atoms with E-state index in [2.05, 4.69) is 0 Å². The Balaban J connectivity index is 2.67. The number of halogens is 6. The average molecular weight is 327 g/mol. The average Bonchev–Trinajstić information content (AvgIpc) is 2.73. The Bertz CT molecular complexity index is 651. The Morgan fingerprint density at radius 3 is 1.75 bits per heavy atom. The molecule has 0 amide bonds. The summed E-state index contributed by atoms with van der Waals surface area (Å²) in [7, 11) is 0. The van der Waals surface area contributed by atoms with Crippen LogP contribution in [0.2, 0.25) is 0 Å². The van der Waals surface area contributed by atoms with Gasteiger partial charge in [0.05, 0.1) is 10.9 Å². The van der Waals surface area contributed by atoms with Crippen LogP contribution in [0.3, 0.4) is 0 Å². The molecule has 108 valence electrons. The lowest BCUT2D eigenvalue weighted by Gasteiger charge is -2.13. The van der Waals surface area contributed by atoms with Crippen molar-refractivity contribution >= 4 is 22.9 Å². The van der Waals surface area contributed by atoms with Gasteiger partial charge in [-0.1, -0.05) is 0 Å². The molecule has 0 aliphatic rings. The van der Waals surface area contributed by atoms with E-state index in [-0.39, 0.29) is 0 Å².